The maximum atomic E-state index is 12.1. The molecule has 0 saturated carbocycles. The van der Waals surface area contributed by atoms with Crippen molar-refractivity contribution in [3.8, 4) is 5.75 Å². The van der Waals surface area contributed by atoms with Gasteiger partial charge < -0.3 is 20.1 Å². The van der Waals surface area contributed by atoms with Crippen molar-refractivity contribution < 1.29 is 24.2 Å². The molecule has 0 spiro atoms. The summed E-state index contributed by atoms with van der Waals surface area (Å²) in [7, 11) is 1.66. The van der Waals surface area contributed by atoms with E-state index >= 15 is 0 Å². The third-order valence-corrected chi connectivity index (χ3v) is 3.91. The van der Waals surface area contributed by atoms with Crippen molar-refractivity contribution in [2.24, 2.45) is 0 Å². The average Bonchev–Trinajstić information content (AvgIpc) is 2.63. The predicted molar refractivity (Wildman–Crippen MR) is 96.4 cm³/mol. The molecule has 1 aliphatic rings. The van der Waals surface area contributed by atoms with E-state index in [2.05, 4.69) is 5.32 Å². The van der Waals surface area contributed by atoms with E-state index < -0.39 is 11.9 Å². The number of fused-ring (bicyclic) bond motifs is 1. The number of amides is 2. The largest absolute Gasteiger partial charge is 0.482 e. The summed E-state index contributed by atoms with van der Waals surface area (Å²) in [6, 6.07) is 11.4. The van der Waals surface area contributed by atoms with E-state index in [1.165, 1.54) is 23.1 Å². The van der Waals surface area contributed by atoms with Crippen molar-refractivity contribution in [1.82, 2.24) is 0 Å². The van der Waals surface area contributed by atoms with Crippen LogP contribution in [0.1, 0.15) is 15.9 Å². The quantitative estimate of drug-likeness (QED) is 0.824. The summed E-state index contributed by atoms with van der Waals surface area (Å²) in [5.74, 6) is -1.13. The fraction of sp³-hybridized carbons (Fsp3) is 0.105. The number of carboxylic acids is 1. The Balaban J connectivity index is 1.75. The van der Waals surface area contributed by atoms with Gasteiger partial charge in [-0.05, 0) is 35.9 Å². The first kappa shape index (κ1) is 17.2. The molecule has 2 N–H and O–H groups in total. The zero-order chi connectivity index (χ0) is 18.7. The molecular weight excluding hydrogens is 336 g/mol. The Labute approximate surface area is 149 Å². The summed E-state index contributed by atoms with van der Waals surface area (Å²) in [6.07, 6.45) is 2.87. The minimum atomic E-state index is -1.12. The lowest BCUT2D eigenvalue weighted by atomic mass is 10.1. The molecule has 7 heteroatoms. The molecule has 1 heterocycles. The number of hydrogen-bond acceptors (Lipinski definition) is 4. The summed E-state index contributed by atoms with van der Waals surface area (Å²) in [5.41, 5.74) is 1.56. The van der Waals surface area contributed by atoms with E-state index in [1.807, 2.05) is 0 Å². The van der Waals surface area contributed by atoms with Crippen molar-refractivity contribution in [2.75, 3.05) is 23.9 Å². The Morgan fingerprint density at radius 3 is 2.77 bits per heavy atom. The average molecular weight is 352 g/mol. The van der Waals surface area contributed by atoms with Gasteiger partial charge in [0.2, 0.25) is 5.91 Å². The highest BCUT2D eigenvalue weighted by Gasteiger charge is 2.21. The van der Waals surface area contributed by atoms with Gasteiger partial charge in [-0.3, -0.25) is 9.59 Å². The minimum absolute atomic E-state index is 0.00405. The van der Waals surface area contributed by atoms with E-state index in [0.29, 0.717) is 17.0 Å². The van der Waals surface area contributed by atoms with Crippen LogP contribution < -0.4 is 15.0 Å². The van der Waals surface area contributed by atoms with E-state index in [9.17, 15) is 14.4 Å². The van der Waals surface area contributed by atoms with Crippen molar-refractivity contribution in [2.45, 2.75) is 0 Å². The van der Waals surface area contributed by atoms with E-state index in [0.717, 1.165) is 0 Å². The Hall–Kier alpha value is -3.61. The number of carboxylic acid groups (broad SMARTS) is 1. The second-order valence-electron chi connectivity index (χ2n) is 5.64. The highest BCUT2D eigenvalue weighted by molar-refractivity contribution is 6.06. The van der Waals surface area contributed by atoms with Crippen LogP contribution in [0.15, 0.2) is 48.5 Å². The molecule has 0 aromatic heterocycles. The van der Waals surface area contributed by atoms with Gasteiger partial charge in [-0.15, -0.1) is 0 Å². The molecule has 2 amide bonds. The molecule has 3 rings (SSSR count). The van der Waals surface area contributed by atoms with Crippen LogP contribution in [0.25, 0.3) is 6.08 Å². The number of benzene rings is 2. The third kappa shape index (κ3) is 3.56. The number of nitrogens with one attached hydrogen (secondary N) is 1. The maximum absolute atomic E-state index is 12.1. The van der Waals surface area contributed by atoms with Crippen LogP contribution in [-0.4, -0.2) is 36.5 Å². The first-order valence-electron chi connectivity index (χ1n) is 7.80. The fourth-order valence-electron chi connectivity index (χ4n) is 2.52. The zero-order valence-electron chi connectivity index (χ0n) is 13.9. The van der Waals surface area contributed by atoms with Gasteiger partial charge in [0.25, 0.3) is 5.91 Å². The SMILES string of the molecule is CN1C(=O)COc2ccc(C=CC(=O)Nc3ccccc3C(=O)O)cc21. The van der Waals surface area contributed by atoms with Gasteiger partial charge in [0.1, 0.15) is 5.75 Å². The van der Waals surface area contributed by atoms with Crippen molar-refractivity contribution in [1.29, 1.82) is 0 Å². The normalized spacial score (nSPS) is 13.3. The molecule has 26 heavy (non-hydrogen) atoms. The van der Waals surface area contributed by atoms with Crippen molar-refractivity contribution >= 4 is 35.2 Å². The first-order chi connectivity index (χ1) is 12.5. The Morgan fingerprint density at radius 1 is 1.23 bits per heavy atom. The number of aromatic carboxylic acids is 1. The molecule has 0 aliphatic carbocycles. The number of para-hydroxylation sites is 1. The molecule has 132 valence electrons. The lowest BCUT2D eigenvalue weighted by Crippen LogP contribution is -2.35. The van der Waals surface area contributed by atoms with Crippen LogP contribution in [0.2, 0.25) is 0 Å². The van der Waals surface area contributed by atoms with Crippen LogP contribution in [0, 0.1) is 0 Å². The molecule has 0 radical (unpaired) electrons. The van der Waals surface area contributed by atoms with Gasteiger partial charge in [-0.25, -0.2) is 4.79 Å². The van der Waals surface area contributed by atoms with Gasteiger partial charge >= 0.3 is 5.97 Å². The summed E-state index contributed by atoms with van der Waals surface area (Å²) in [6.45, 7) is 0.00405. The Morgan fingerprint density at radius 2 is 2.00 bits per heavy atom. The van der Waals surface area contributed by atoms with Gasteiger partial charge in [-0.2, -0.15) is 0 Å². The molecule has 0 unspecified atom stereocenters. The second kappa shape index (κ2) is 7.10. The standard InChI is InChI=1S/C19H16N2O5/c1-21-15-10-12(6-8-16(15)26-11-18(21)23)7-9-17(22)20-14-5-3-2-4-13(14)19(24)25/h2-10H,11H2,1H3,(H,20,22)(H,24,25). The zero-order valence-corrected chi connectivity index (χ0v) is 13.9. The van der Waals surface area contributed by atoms with Crippen LogP contribution in [0.3, 0.4) is 0 Å². The lowest BCUT2D eigenvalue weighted by Gasteiger charge is -2.26. The number of ether oxygens (including phenoxy) is 1. The number of carbonyl (C=O) groups excluding carboxylic acids is 2. The van der Waals surface area contributed by atoms with E-state index in [-0.39, 0.29) is 23.8 Å². The monoisotopic (exact) mass is 352 g/mol. The number of rotatable bonds is 4. The van der Waals surface area contributed by atoms with Crippen LogP contribution >= 0.6 is 0 Å². The molecule has 1 aliphatic heterocycles. The molecule has 2 aromatic rings. The summed E-state index contributed by atoms with van der Waals surface area (Å²) < 4.78 is 5.35. The Bertz CT molecular complexity index is 920. The minimum Gasteiger partial charge on any atom is -0.482 e. The van der Waals surface area contributed by atoms with Gasteiger partial charge in [-0.1, -0.05) is 18.2 Å². The summed E-state index contributed by atoms with van der Waals surface area (Å²) >= 11 is 0. The van der Waals surface area contributed by atoms with E-state index in [1.54, 1.807) is 43.5 Å². The molecular formula is C19H16N2O5. The van der Waals surface area contributed by atoms with Crippen LogP contribution in [-0.2, 0) is 9.59 Å². The number of nitrogens with zero attached hydrogens (tertiary/aromatic N) is 1. The Kier molecular flexibility index (Phi) is 4.70. The second-order valence-corrected chi connectivity index (χ2v) is 5.64. The number of likely N-dealkylation sites (N-methyl/N-ethyl adjacent to an activating group) is 1. The van der Waals surface area contributed by atoms with Gasteiger partial charge in [0, 0.05) is 13.1 Å². The molecule has 0 saturated heterocycles. The molecule has 0 bridgehead atoms. The number of hydrogen-bond donors (Lipinski definition) is 2. The predicted octanol–water partition coefficient (Wildman–Crippen LogP) is 2.39. The highest BCUT2D eigenvalue weighted by Crippen LogP contribution is 2.32. The lowest BCUT2D eigenvalue weighted by molar-refractivity contribution is -0.121. The van der Waals surface area contributed by atoms with E-state index in [4.69, 9.17) is 9.84 Å². The fourth-order valence-corrected chi connectivity index (χ4v) is 2.52. The van der Waals surface area contributed by atoms with Crippen LogP contribution in [0.5, 0.6) is 5.75 Å². The van der Waals surface area contributed by atoms with Gasteiger partial charge in [0.05, 0.1) is 16.9 Å². The van der Waals surface area contributed by atoms with Crippen molar-refractivity contribution in [3.63, 3.8) is 0 Å². The molecule has 0 fully saturated rings. The molecule has 0 atom stereocenters. The third-order valence-electron chi connectivity index (χ3n) is 3.91. The number of anilines is 2. The van der Waals surface area contributed by atoms with Crippen molar-refractivity contribution in [3.05, 3.63) is 59.7 Å². The highest BCUT2D eigenvalue weighted by atomic mass is 16.5. The van der Waals surface area contributed by atoms with Gasteiger partial charge in [0.15, 0.2) is 6.61 Å². The molecule has 7 nitrogen and oxygen atoms in total. The maximum Gasteiger partial charge on any atom is 0.337 e. The van der Waals surface area contributed by atoms with Crippen LogP contribution in [0.4, 0.5) is 11.4 Å². The first-order valence-corrected chi connectivity index (χ1v) is 7.80. The smallest absolute Gasteiger partial charge is 0.337 e. The summed E-state index contributed by atoms with van der Waals surface area (Å²) in [5, 5.41) is 11.7. The summed E-state index contributed by atoms with van der Waals surface area (Å²) in [4.78, 5) is 36.4. The molecule has 2 aromatic carbocycles. The topological polar surface area (TPSA) is 95.9 Å². The number of carbonyl (C=O) groups is 3.